The lowest BCUT2D eigenvalue weighted by atomic mass is 10.4. The Hall–Kier alpha value is -0.650. The van der Waals surface area contributed by atoms with Crippen LogP contribution in [0.1, 0.15) is 0 Å². The maximum Gasteiger partial charge on any atom is 0.317 e. The number of rotatable bonds is 5. The smallest absolute Gasteiger partial charge is 0.317 e. The second-order valence-electron chi connectivity index (χ2n) is 1.74. The lowest BCUT2D eigenvalue weighted by Gasteiger charge is -1.96. The van der Waals surface area contributed by atoms with E-state index >= 15 is 0 Å². The number of carbonyl (C=O) groups is 2. The van der Waals surface area contributed by atoms with E-state index in [0.29, 0.717) is 0 Å². The van der Waals surface area contributed by atoms with Crippen molar-refractivity contribution < 1.29 is 14.7 Å². The predicted molar refractivity (Wildman–Crippen MR) is 41.8 cm³/mol. The highest BCUT2D eigenvalue weighted by molar-refractivity contribution is 5.85. The Kier molecular flexibility index (Phi) is 8.80. The first-order chi connectivity index (χ1) is 4.66. The summed E-state index contributed by atoms with van der Waals surface area (Å²) in [5, 5.41) is 10.5. The number of hydrogen-bond donors (Lipinski definition) is 3. The van der Waals surface area contributed by atoms with Crippen molar-refractivity contribution in [1.29, 1.82) is 0 Å². The maximum atomic E-state index is 10.4. The first-order valence-corrected chi connectivity index (χ1v) is 2.81. The van der Waals surface area contributed by atoms with E-state index in [1.807, 2.05) is 0 Å². The Balaban J connectivity index is 0. The van der Waals surface area contributed by atoms with Crippen molar-refractivity contribution in [2.75, 3.05) is 19.6 Å². The van der Waals surface area contributed by atoms with Gasteiger partial charge in [0.2, 0.25) is 0 Å². The van der Waals surface area contributed by atoms with Gasteiger partial charge in [0.1, 0.15) is 0 Å². The summed E-state index contributed by atoms with van der Waals surface area (Å²) in [6, 6.07) is 0. The standard InChI is InChI=1S/C5H10N2O3.ClH/c6-1-4(8)2-7-3-5(9)10;/h7H,1-3,6H2,(H,9,10);1H. The largest absolute Gasteiger partial charge is 0.480 e. The molecule has 0 radical (unpaired) electrons. The van der Waals surface area contributed by atoms with E-state index in [1.165, 1.54) is 0 Å². The quantitative estimate of drug-likeness (QED) is 0.487. The van der Waals surface area contributed by atoms with Gasteiger partial charge >= 0.3 is 5.97 Å². The summed E-state index contributed by atoms with van der Waals surface area (Å²) in [6.45, 7) is -0.221. The van der Waals surface area contributed by atoms with E-state index in [-0.39, 0.29) is 37.8 Å². The lowest BCUT2D eigenvalue weighted by molar-refractivity contribution is -0.135. The van der Waals surface area contributed by atoms with Gasteiger partial charge in [0.05, 0.1) is 19.6 Å². The number of carbonyl (C=O) groups excluding carboxylic acids is 1. The number of carboxylic acid groups (broad SMARTS) is 1. The third-order valence-corrected chi connectivity index (χ3v) is 0.826. The van der Waals surface area contributed by atoms with Gasteiger partial charge in [0.15, 0.2) is 5.78 Å². The van der Waals surface area contributed by atoms with Gasteiger partial charge in [0, 0.05) is 0 Å². The van der Waals surface area contributed by atoms with Gasteiger partial charge in [-0.2, -0.15) is 0 Å². The van der Waals surface area contributed by atoms with Crippen LogP contribution >= 0.6 is 12.4 Å². The zero-order valence-corrected chi connectivity index (χ0v) is 6.69. The molecule has 6 heteroatoms. The fraction of sp³-hybridized carbons (Fsp3) is 0.600. The van der Waals surface area contributed by atoms with Gasteiger partial charge in [-0.3, -0.25) is 9.59 Å². The summed E-state index contributed by atoms with van der Waals surface area (Å²) in [6.07, 6.45) is 0. The van der Waals surface area contributed by atoms with Crippen LogP contribution in [0.5, 0.6) is 0 Å². The minimum absolute atomic E-state index is 0. The van der Waals surface area contributed by atoms with Crippen LogP contribution in [0.3, 0.4) is 0 Å². The molecule has 0 fully saturated rings. The zero-order valence-electron chi connectivity index (χ0n) is 5.87. The minimum Gasteiger partial charge on any atom is -0.480 e. The normalized spacial score (nSPS) is 8.45. The Labute approximate surface area is 70.4 Å². The van der Waals surface area contributed by atoms with Crippen molar-refractivity contribution in [3.63, 3.8) is 0 Å². The molecule has 0 aromatic rings. The molecule has 0 unspecified atom stereocenters. The first-order valence-electron chi connectivity index (χ1n) is 2.81. The topological polar surface area (TPSA) is 92.4 Å². The number of ketones is 1. The number of halogens is 1. The molecule has 0 aliphatic carbocycles. The van der Waals surface area contributed by atoms with Crippen molar-refractivity contribution in [2.24, 2.45) is 5.73 Å². The molecule has 5 nitrogen and oxygen atoms in total. The maximum absolute atomic E-state index is 10.4. The van der Waals surface area contributed by atoms with Gasteiger partial charge < -0.3 is 16.2 Å². The molecule has 0 heterocycles. The highest BCUT2D eigenvalue weighted by Gasteiger charge is 1.98. The molecule has 0 aromatic heterocycles. The summed E-state index contributed by atoms with van der Waals surface area (Å²) >= 11 is 0. The molecule has 0 aliphatic rings. The number of nitrogens with one attached hydrogen (secondary N) is 1. The van der Waals surface area contributed by atoms with E-state index in [0.717, 1.165) is 0 Å². The van der Waals surface area contributed by atoms with Crippen molar-refractivity contribution in [1.82, 2.24) is 5.32 Å². The van der Waals surface area contributed by atoms with Crippen molar-refractivity contribution in [3.05, 3.63) is 0 Å². The fourth-order valence-corrected chi connectivity index (χ4v) is 0.381. The van der Waals surface area contributed by atoms with Crippen LogP contribution in [0, 0.1) is 0 Å². The van der Waals surface area contributed by atoms with E-state index < -0.39 is 5.97 Å². The summed E-state index contributed by atoms with van der Waals surface area (Å²) in [4.78, 5) is 20.3. The molecule has 0 aromatic carbocycles. The molecule has 0 spiro atoms. The SMILES string of the molecule is Cl.NCC(=O)CNCC(=O)O. The van der Waals surface area contributed by atoms with Crippen LogP contribution in [-0.4, -0.2) is 36.5 Å². The molecular formula is C5H11ClN2O3. The highest BCUT2D eigenvalue weighted by Crippen LogP contribution is 1.64. The summed E-state index contributed by atoms with van der Waals surface area (Å²) in [5.41, 5.74) is 4.95. The van der Waals surface area contributed by atoms with E-state index in [1.54, 1.807) is 0 Å². The summed E-state index contributed by atoms with van der Waals surface area (Å²) in [7, 11) is 0. The van der Waals surface area contributed by atoms with Crippen molar-refractivity contribution in [3.8, 4) is 0 Å². The second-order valence-corrected chi connectivity index (χ2v) is 1.74. The van der Waals surface area contributed by atoms with Gasteiger partial charge in [-0.15, -0.1) is 12.4 Å². The van der Waals surface area contributed by atoms with Gasteiger partial charge in [-0.05, 0) is 0 Å². The molecule has 0 amide bonds. The Morgan fingerprint density at radius 1 is 1.36 bits per heavy atom. The third kappa shape index (κ3) is 9.35. The van der Waals surface area contributed by atoms with E-state index in [2.05, 4.69) is 5.32 Å². The van der Waals surface area contributed by atoms with Gasteiger partial charge in [-0.25, -0.2) is 0 Å². The van der Waals surface area contributed by atoms with Crippen LogP contribution < -0.4 is 11.1 Å². The Morgan fingerprint density at radius 2 is 1.91 bits per heavy atom. The number of Topliss-reactive ketones (excluding diaryl/α,β-unsaturated/α-hetero) is 1. The minimum atomic E-state index is -0.982. The first kappa shape index (κ1) is 13.0. The number of hydrogen-bond acceptors (Lipinski definition) is 4. The average molecular weight is 183 g/mol. The van der Waals surface area contributed by atoms with Crippen LogP contribution in [0.2, 0.25) is 0 Å². The molecule has 0 bridgehead atoms. The molecule has 0 aliphatic heterocycles. The van der Waals surface area contributed by atoms with E-state index in [4.69, 9.17) is 10.8 Å². The monoisotopic (exact) mass is 182 g/mol. The number of nitrogens with two attached hydrogens (primary N) is 1. The average Bonchev–Trinajstić information content (AvgIpc) is 1.87. The molecule has 11 heavy (non-hydrogen) atoms. The third-order valence-electron chi connectivity index (χ3n) is 0.826. The number of aliphatic carboxylic acids is 1. The molecule has 66 valence electrons. The number of carboxylic acids is 1. The van der Waals surface area contributed by atoms with Gasteiger partial charge in [0.25, 0.3) is 0 Å². The molecule has 0 rings (SSSR count). The summed E-state index contributed by atoms with van der Waals surface area (Å²) < 4.78 is 0. The van der Waals surface area contributed by atoms with Gasteiger partial charge in [-0.1, -0.05) is 0 Å². The van der Waals surface area contributed by atoms with Crippen LogP contribution in [0.4, 0.5) is 0 Å². The van der Waals surface area contributed by atoms with Crippen LogP contribution in [-0.2, 0) is 9.59 Å². The molecule has 0 saturated carbocycles. The predicted octanol–water partition coefficient (Wildman–Crippen LogP) is -1.39. The lowest BCUT2D eigenvalue weighted by Crippen LogP contribution is -2.31. The van der Waals surface area contributed by atoms with Crippen LogP contribution in [0.25, 0.3) is 0 Å². The Bertz CT molecular complexity index is 140. The highest BCUT2D eigenvalue weighted by atomic mass is 35.5. The molecular weight excluding hydrogens is 172 g/mol. The molecule has 0 atom stereocenters. The molecule has 0 saturated heterocycles. The zero-order chi connectivity index (χ0) is 7.98. The van der Waals surface area contributed by atoms with Crippen molar-refractivity contribution >= 4 is 24.2 Å². The van der Waals surface area contributed by atoms with E-state index in [9.17, 15) is 9.59 Å². The van der Waals surface area contributed by atoms with Crippen LogP contribution in [0.15, 0.2) is 0 Å². The Morgan fingerprint density at radius 3 is 2.27 bits per heavy atom. The van der Waals surface area contributed by atoms with Crippen molar-refractivity contribution in [2.45, 2.75) is 0 Å². The fourth-order valence-electron chi connectivity index (χ4n) is 0.381. The second kappa shape index (κ2) is 7.46. The summed E-state index contributed by atoms with van der Waals surface area (Å²) in [5.74, 6) is -1.17. The molecule has 4 N–H and O–H groups in total.